The van der Waals surface area contributed by atoms with E-state index in [0.29, 0.717) is 10.7 Å². The predicted molar refractivity (Wildman–Crippen MR) is 85.7 cm³/mol. The van der Waals surface area contributed by atoms with Crippen molar-refractivity contribution in [1.82, 2.24) is 15.0 Å². The van der Waals surface area contributed by atoms with Gasteiger partial charge in [-0.3, -0.25) is 14.8 Å². The number of nitrogens with two attached hydrogens (primary N) is 1. The number of hydrogen-bond acceptors (Lipinski definition) is 3. The van der Waals surface area contributed by atoms with Gasteiger partial charge in [0.25, 0.3) is 5.91 Å². The molecular formula is C16H13ClN4O. The van der Waals surface area contributed by atoms with Crippen LogP contribution in [-0.2, 0) is 0 Å². The van der Waals surface area contributed by atoms with E-state index in [-0.39, 0.29) is 5.69 Å². The molecule has 0 saturated carbocycles. The summed E-state index contributed by atoms with van der Waals surface area (Å²) in [6.45, 7) is 0. The zero-order valence-corrected chi connectivity index (χ0v) is 12.3. The van der Waals surface area contributed by atoms with E-state index < -0.39 is 5.91 Å². The molecule has 1 amide bonds. The molecule has 0 aliphatic rings. The van der Waals surface area contributed by atoms with Gasteiger partial charge in [-0.25, -0.2) is 10.8 Å². The molecule has 0 aliphatic carbocycles. The Kier molecular flexibility index (Phi) is 3.91. The second kappa shape index (κ2) is 6.01. The van der Waals surface area contributed by atoms with Crippen molar-refractivity contribution in [2.45, 2.75) is 0 Å². The second-order valence-corrected chi connectivity index (χ2v) is 5.07. The number of nitrogens with one attached hydrogen (secondary N) is 1. The molecular weight excluding hydrogens is 300 g/mol. The third-order valence-corrected chi connectivity index (χ3v) is 3.48. The third kappa shape index (κ3) is 2.59. The van der Waals surface area contributed by atoms with E-state index in [9.17, 15) is 4.79 Å². The van der Waals surface area contributed by atoms with E-state index in [2.05, 4.69) is 10.4 Å². The van der Waals surface area contributed by atoms with Gasteiger partial charge in [0.05, 0.1) is 5.69 Å². The van der Waals surface area contributed by atoms with Crippen LogP contribution in [0.5, 0.6) is 0 Å². The Morgan fingerprint density at radius 2 is 1.91 bits per heavy atom. The number of nitrogen functional groups attached to an aromatic ring is 1. The SMILES string of the molecule is NNC(=O)c1ncn(-c2cccc(Cl)c2)c1-c1ccccc1. The number of nitrogens with zero attached hydrogens (tertiary/aromatic N) is 2. The lowest BCUT2D eigenvalue weighted by atomic mass is 10.1. The van der Waals surface area contributed by atoms with Gasteiger partial charge in [-0.15, -0.1) is 0 Å². The van der Waals surface area contributed by atoms with Crippen LogP contribution in [0, 0.1) is 0 Å². The maximum atomic E-state index is 12.0. The van der Waals surface area contributed by atoms with Crippen molar-refractivity contribution in [2.24, 2.45) is 5.84 Å². The molecule has 3 N–H and O–H groups in total. The van der Waals surface area contributed by atoms with Crippen LogP contribution in [0.4, 0.5) is 0 Å². The van der Waals surface area contributed by atoms with Crippen molar-refractivity contribution >= 4 is 17.5 Å². The maximum Gasteiger partial charge on any atom is 0.286 e. The summed E-state index contributed by atoms with van der Waals surface area (Å²) in [5.41, 5.74) is 4.72. The Labute approximate surface area is 132 Å². The molecule has 0 atom stereocenters. The summed E-state index contributed by atoms with van der Waals surface area (Å²) >= 11 is 6.06. The number of carbonyl (C=O) groups excluding carboxylic acids is 1. The van der Waals surface area contributed by atoms with Gasteiger partial charge in [-0.2, -0.15) is 0 Å². The van der Waals surface area contributed by atoms with Crippen LogP contribution in [0.15, 0.2) is 60.9 Å². The number of aromatic nitrogens is 2. The first kappa shape index (κ1) is 14.3. The van der Waals surface area contributed by atoms with Gasteiger partial charge >= 0.3 is 0 Å². The minimum atomic E-state index is -0.445. The molecule has 0 radical (unpaired) electrons. The lowest BCUT2D eigenvalue weighted by molar-refractivity contribution is 0.0950. The molecule has 3 aromatic rings. The summed E-state index contributed by atoms with van der Waals surface area (Å²) < 4.78 is 1.81. The highest BCUT2D eigenvalue weighted by atomic mass is 35.5. The largest absolute Gasteiger partial charge is 0.298 e. The predicted octanol–water partition coefficient (Wildman–Crippen LogP) is 2.80. The van der Waals surface area contributed by atoms with Crippen LogP contribution in [-0.4, -0.2) is 15.5 Å². The van der Waals surface area contributed by atoms with Gasteiger partial charge in [0, 0.05) is 16.3 Å². The van der Waals surface area contributed by atoms with Gasteiger partial charge in [-0.05, 0) is 18.2 Å². The molecule has 1 aromatic heterocycles. The zero-order valence-electron chi connectivity index (χ0n) is 11.5. The number of rotatable bonds is 3. The van der Waals surface area contributed by atoms with Gasteiger partial charge < -0.3 is 0 Å². The fourth-order valence-corrected chi connectivity index (χ4v) is 2.46. The number of hydrogen-bond donors (Lipinski definition) is 2. The van der Waals surface area contributed by atoms with Crippen molar-refractivity contribution in [3.63, 3.8) is 0 Å². The first-order chi connectivity index (χ1) is 10.7. The van der Waals surface area contributed by atoms with Crippen LogP contribution < -0.4 is 11.3 Å². The monoisotopic (exact) mass is 312 g/mol. The van der Waals surface area contributed by atoms with E-state index in [0.717, 1.165) is 11.3 Å². The molecule has 2 aromatic carbocycles. The molecule has 3 rings (SSSR count). The number of amides is 1. The summed E-state index contributed by atoms with van der Waals surface area (Å²) in [7, 11) is 0. The lowest BCUT2D eigenvalue weighted by Crippen LogP contribution is -2.30. The van der Waals surface area contributed by atoms with E-state index >= 15 is 0 Å². The molecule has 110 valence electrons. The molecule has 5 nitrogen and oxygen atoms in total. The molecule has 0 saturated heterocycles. The van der Waals surface area contributed by atoms with E-state index in [4.69, 9.17) is 17.4 Å². The van der Waals surface area contributed by atoms with Gasteiger partial charge in [0.15, 0.2) is 5.69 Å². The topological polar surface area (TPSA) is 72.9 Å². The molecule has 1 heterocycles. The van der Waals surface area contributed by atoms with Gasteiger partial charge in [0.2, 0.25) is 0 Å². The van der Waals surface area contributed by atoms with Crippen LogP contribution in [0.2, 0.25) is 5.02 Å². The summed E-state index contributed by atoms with van der Waals surface area (Å²) in [6.07, 6.45) is 1.58. The number of benzene rings is 2. The summed E-state index contributed by atoms with van der Waals surface area (Å²) in [6, 6.07) is 16.9. The van der Waals surface area contributed by atoms with E-state index in [1.54, 1.807) is 18.5 Å². The highest BCUT2D eigenvalue weighted by Crippen LogP contribution is 2.27. The Morgan fingerprint density at radius 3 is 2.59 bits per heavy atom. The van der Waals surface area contributed by atoms with E-state index in [1.165, 1.54) is 0 Å². The maximum absolute atomic E-state index is 12.0. The minimum absolute atomic E-state index is 0.258. The van der Waals surface area contributed by atoms with Gasteiger partial charge in [-0.1, -0.05) is 48.0 Å². The average molecular weight is 313 g/mol. The highest BCUT2D eigenvalue weighted by Gasteiger charge is 2.19. The minimum Gasteiger partial charge on any atom is -0.298 e. The van der Waals surface area contributed by atoms with Crippen molar-refractivity contribution in [2.75, 3.05) is 0 Å². The number of halogens is 1. The number of carbonyl (C=O) groups is 1. The molecule has 6 heteroatoms. The Morgan fingerprint density at radius 1 is 1.14 bits per heavy atom. The standard InChI is InChI=1S/C16H13ClN4O/c17-12-7-4-8-13(9-12)21-10-19-14(16(22)20-18)15(21)11-5-2-1-3-6-11/h1-10H,18H2,(H,20,22). The second-order valence-electron chi connectivity index (χ2n) is 4.63. The van der Waals surface area contributed by atoms with Crippen molar-refractivity contribution in [1.29, 1.82) is 0 Å². The Bertz CT molecular complexity index is 814. The molecule has 0 spiro atoms. The van der Waals surface area contributed by atoms with Crippen LogP contribution in [0.1, 0.15) is 10.5 Å². The number of imidazole rings is 1. The zero-order chi connectivity index (χ0) is 15.5. The van der Waals surface area contributed by atoms with Crippen molar-refractivity contribution in [3.8, 4) is 16.9 Å². The summed E-state index contributed by atoms with van der Waals surface area (Å²) in [4.78, 5) is 16.2. The first-order valence-electron chi connectivity index (χ1n) is 6.60. The van der Waals surface area contributed by atoms with E-state index in [1.807, 2.05) is 47.0 Å². The molecule has 0 fully saturated rings. The summed E-state index contributed by atoms with van der Waals surface area (Å²) in [5.74, 6) is 4.81. The molecule has 0 unspecified atom stereocenters. The molecule has 0 aliphatic heterocycles. The average Bonchev–Trinajstić information content (AvgIpc) is 3.00. The lowest BCUT2D eigenvalue weighted by Gasteiger charge is -2.10. The van der Waals surface area contributed by atoms with Gasteiger partial charge in [0.1, 0.15) is 6.33 Å². The highest BCUT2D eigenvalue weighted by molar-refractivity contribution is 6.30. The fourth-order valence-electron chi connectivity index (χ4n) is 2.28. The number of hydrazine groups is 1. The third-order valence-electron chi connectivity index (χ3n) is 3.25. The van der Waals surface area contributed by atoms with Crippen LogP contribution in [0.25, 0.3) is 16.9 Å². The molecule has 22 heavy (non-hydrogen) atoms. The van der Waals surface area contributed by atoms with Crippen LogP contribution in [0.3, 0.4) is 0 Å². The Balaban J connectivity index is 2.24. The summed E-state index contributed by atoms with van der Waals surface area (Å²) in [5, 5.41) is 0.607. The van der Waals surface area contributed by atoms with Crippen molar-refractivity contribution in [3.05, 3.63) is 71.6 Å². The molecule has 0 bridgehead atoms. The fraction of sp³-hybridized carbons (Fsp3) is 0. The first-order valence-corrected chi connectivity index (χ1v) is 6.98. The smallest absolute Gasteiger partial charge is 0.286 e. The quantitative estimate of drug-likeness (QED) is 0.444. The van der Waals surface area contributed by atoms with Crippen LogP contribution >= 0.6 is 11.6 Å². The van der Waals surface area contributed by atoms with Crippen molar-refractivity contribution < 1.29 is 4.79 Å². The normalized spacial score (nSPS) is 10.5. The Hall–Kier alpha value is -2.63.